The normalized spacial score (nSPS) is 22.6. The summed E-state index contributed by atoms with van der Waals surface area (Å²) in [7, 11) is 1.02. The van der Waals surface area contributed by atoms with Crippen molar-refractivity contribution in [2.45, 2.75) is 37.6 Å². The highest BCUT2D eigenvalue weighted by Crippen LogP contribution is 2.55. The number of ether oxygens (including phenoxy) is 2. The predicted molar refractivity (Wildman–Crippen MR) is 129 cm³/mol. The van der Waals surface area contributed by atoms with Crippen LogP contribution in [0.4, 0.5) is 39.5 Å². The van der Waals surface area contributed by atoms with Crippen molar-refractivity contribution < 1.29 is 45.4 Å². The quantitative estimate of drug-likeness (QED) is 0.233. The van der Waals surface area contributed by atoms with Gasteiger partial charge < -0.3 is 24.9 Å². The molecule has 0 aliphatic carbocycles. The molecule has 0 bridgehead atoms. The van der Waals surface area contributed by atoms with Crippen LogP contribution in [0.15, 0.2) is 41.1 Å². The van der Waals surface area contributed by atoms with Crippen molar-refractivity contribution >= 4 is 29.3 Å². The molecule has 2 amide bonds. The number of nitrogens with one attached hydrogen (secondary N) is 3. The summed E-state index contributed by atoms with van der Waals surface area (Å²) >= 11 is 0. The molecule has 2 aromatic heterocycles. The molecule has 1 fully saturated rings. The summed E-state index contributed by atoms with van der Waals surface area (Å²) in [6, 6.07) is 4.11. The highest BCUT2D eigenvalue weighted by Gasteiger charge is 2.65. The van der Waals surface area contributed by atoms with Gasteiger partial charge in [0, 0.05) is 29.2 Å². The summed E-state index contributed by atoms with van der Waals surface area (Å²) in [5, 5.41) is 2.39. The molecule has 40 heavy (non-hydrogen) atoms. The Labute approximate surface area is 223 Å². The summed E-state index contributed by atoms with van der Waals surface area (Å²) in [5.41, 5.74) is 6.99. The maximum absolute atomic E-state index is 14.5. The summed E-state index contributed by atoms with van der Waals surface area (Å²) < 4.78 is 86.2. The summed E-state index contributed by atoms with van der Waals surface area (Å²) in [6.45, 7) is 1.94. The van der Waals surface area contributed by atoms with Crippen LogP contribution in [0, 0.1) is 17.6 Å². The molecule has 2 unspecified atom stereocenters. The van der Waals surface area contributed by atoms with Crippen molar-refractivity contribution in [2.75, 3.05) is 23.3 Å². The van der Waals surface area contributed by atoms with E-state index >= 15 is 0 Å². The van der Waals surface area contributed by atoms with E-state index < -0.39 is 58.9 Å². The van der Waals surface area contributed by atoms with Crippen molar-refractivity contribution in [1.82, 2.24) is 9.97 Å². The van der Waals surface area contributed by atoms with Crippen LogP contribution in [0.5, 0.6) is 5.75 Å². The van der Waals surface area contributed by atoms with Crippen molar-refractivity contribution in [2.24, 2.45) is 11.7 Å². The maximum atomic E-state index is 14.5. The Morgan fingerprint density at radius 3 is 2.50 bits per heavy atom. The van der Waals surface area contributed by atoms with Gasteiger partial charge >= 0.3 is 12.2 Å². The molecule has 3 heterocycles. The number of benzene rings is 1. The molecule has 1 saturated heterocycles. The first kappa shape index (κ1) is 28.5. The Morgan fingerprint density at radius 2 is 1.90 bits per heavy atom. The third-order valence-electron chi connectivity index (χ3n) is 6.65. The van der Waals surface area contributed by atoms with E-state index in [4.69, 9.17) is 19.6 Å². The molecule has 16 heteroatoms. The van der Waals surface area contributed by atoms with E-state index in [1.807, 2.05) is 0 Å². The molecule has 4 rings (SSSR count). The third-order valence-corrected chi connectivity index (χ3v) is 6.65. The van der Waals surface area contributed by atoms with Gasteiger partial charge in [-0.15, -0.1) is 0 Å². The number of carbonyl (C=O) groups excluding carboxylic acids is 2. The van der Waals surface area contributed by atoms with Gasteiger partial charge in [-0.2, -0.15) is 17.6 Å². The first-order valence-corrected chi connectivity index (χ1v) is 11.6. The number of nitrogens with two attached hydrogens (primary N) is 1. The van der Waals surface area contributed by atoms with Crippen LogP contribution in [-0.2, 0) is 9.53 Å². The molecule has 1 aliphatic rings. The maximum Gasteiger partial charge on any atom is 0.417 e. The molecule has 1 aromatic carbocycles. The van der Waals surface area contributed by atoms with Crippen LogP contribution in [-0.4, -0.2) is 46.8 Å². The van der Waals surface area contributed by atoms with E-state index in [0.29, 0.717) is 0 Å². The lowest BCUT2D eigenvalue weighted by Crippen LogP contribution is -2.47. The SMILES string of the molecule is COc1c(C2C(C)[C@](C)(C(F)(F)F)O[C@H]2C(=O)Nc2cc(NNc3ncco3)nc(C(N)=O)c2)ccc(F)c1F. The highest BCUT2D eigenvalue weighted by atomic mass is 19.4. The first-order chi connectivity index (χ1) is 18.8. The number of alkyl halides is 3. The second kappa shape index (κ2) is 10.6. The Kier molecular flexibility index (Phi) is 7.56. The Morgan fingerprint density at radius 1 is 1.18 bits per heavy atom. The standard InChI is InChI=1S/C24H23F5N6O5/c1-10-16(12-4-5-13(25)17(26)18(12)38-3)19(40-23(10,2)24(27,28)29)21(37)32-11-8-14(20(30)36)33-15(9-11)34-35-22-31-6-7-39-22/h4-10,16,19H,1-3H3,(H2,30,36)(H,31,35)(H2,32,33,34,37)/t10?,16?,19-,23-/m1/s1. The molecule has 0 spiro atoms. The summed E-state index contributed by atoms with van der Waals surface area (Å²) in [4.78, 5) is 33.0. The summed E-state index contributed by atoms with van der Waals surface area (Å²) in [6.07, 6.45) is -4.17. The largest absolute Gasteiger partial charge is 0.493 e. The number of hydrogen-bond donors (Lipinski definition) is 4. The van der Waals surface area contributed by atoms with E-state index in [2.05, 4.69) is 26.1 Å². The zero-order valence-corrected chi connectivity index (χ0v) is 21.1. The average Bonchev–Trinajstić information content (AvgIpc) is 3.51. The molecule has 4 atom stereocenters. The van der Waals surface area contributed by atoms with Gasteiger partial charge in [0.1, 0.15) is 23.9 Å². The lowest BCUT2D eigenvalue weighted by atomic mass is 9.77. The first-order valence-electron chi connectivity index (χ1n) is 11.6. The second-order valence-electron chi connectivity index (χ2n) is 9.01. The Hall–Kier alpha value is -4.47. The number of aromatic nitrogens is 2. The number of methoxy groups -OCH3 is 1. The van der Waals surface area contributed by atoms with Crippen molar-refractivity contribution in [1.29, 1.82) is 0 Å². The highest BCUT2D eigenvalue weighted by molar-refractivity contribution is 5.98. The molecule has 0 radical (unpaired) electrons. The molecular weight excluding hydrogens is 547 g/mol. The van der Waals surface area contributed by atoms with E-state index in [1.165, 1.54) is 25.5 Å². The number of carbonyl (C=O) groups is 2. The fourth-order valence-electron chi connectivity index (χ4n) is 4.45. The third kappa shape index (κ3) is 5.21. The van der Waals surface area contributed by atoms with Crippen LogP contribution in [0.25, 0.3) is 0 Å². The number of pyridine rings is 1. The minimum atomic E-state index is -4.94. The topological polar surface area (TPSA) is 154 Å². The number of amides is 2. The minimum Gasteiger partial charge on any atom is -0.493 e. The van der Waals surface area contributed by atoms with E-state index in [-0.39, 0.29) is 28.8 Å². The molecule has 214 valence electrons. The number of hydrogen-bond acceptors (Lipinski definition) is 9. The Balaban J connectivity index is 1.71. The number of anilines is 3. The molecule has 5 N–H and O–H groups in total. The van der Waals surface area contributed by atoms with Gasteiger partial charge in [-0.25, -0.2) is 14.4 Å². The van der Waals surface area contributed by atoms with Crippen molar-refractivity contribution in [3.05, 3.63) is 59.6 Å². The van der Waals surface area contributed by atoms with Gasteiger partial charge in [-0.1, -0.05) is 13.0 Å². The number of halogens is 5. The van der Waals surface area contributed by atoms with Gasteiger partial charge in [-0.3, -0.25) is 20.4 Å². The van der Waals surface area contributed by atoms with Gasteiger partial charge in [0.15, 0.2) is 17.2 Å². The lowest BCUT2D eigenvalue weighted by Gasteiger charge is -2.32. The monoisotopic (exact) mass is 570 g/mol. The van der Waals surface area contributed by atoms with Crippen LogP contribution in [0.1, 0.15) is 35.8 Å². The number of rotatable bonds is 8. The van der Waals surface area contributed by atoms with E-state index in [0.717, 1.165) is 32.2 Å². The Bertz CT molecular complexity index is 1420. The number of primary amides is 1. The zero-order chi connectivity index (χ0) is 29.4. The van der Waals surface area contributed by atoms with Crippen LogP contribution >= 0.6 is 0 Å². The number of oxazole rings is 1. The van der Waals surface area contributed by atoms with Gasteiger partial charge in [0.25, 0.3) is 11.8 Å². The minimum absolute atomic E-state index is 0.0277. The molecule has 1 aliphatic heterocycles. The smallest absolute Gasteiger partial charge is 0.417 e. The average molecular weight is 570 g/mol. The fourth-order valence-corrected chi connectivity index (χ4v) is 4.45. The van der Waals surface area contributed by atoms with Crippen LogP contribution < -0.4 is 26.6 Å². The van der Waals surface area contributed by atoms with Gasteiger partial charge in [0.2, 0.25) is 5.82 Å². The van der Waals surface area contributed by atoms with Crippen molar-refractivity contribution in [3.8, 4) is 5.75 Å². The van der Waals surface area contributed by atoms with Crippen LogP contribution in [0.2, 0.25) is 0 Å². The summed E-state index contributed by atoms with van der Waals surface area (Å²) in [5.74, 6) is -8.37. The second-order valence-corrected chi connectivity index (χ2v) is 9.01. The molecule has 11 nitrogen and oxygen atoms in total. The zero-order valence-electron chi connectivity index (χ0n) is 21.1. The van der Waals surface area contributed by atoms with E-state index in [9.17, 15) is 31.5 Å². The van der Waals surface area contributed by atoms with E-state index in [1.54, 1.807) is 0 Å². The van der Waals surface area contributed by atoms with Gasteiger partial charge in [0.05, 0.1) is 13.3 Å². The number of nitrogens with zero attached hydrogens (tertiary/aromatic N) is 2. The fraction of sp³-hybridized carbons (Fsp3) is 0.333. The lowest BCUT2D eigenvalue weighted by molar-refractivity contribution is -0.272. The van der Waals surface area contributed by atoms with Gasteiger partial charge in [-0.05, 0) is 19.1 Å². The molecule has 3 aromatic rings. The van der Waals surface area contributed by atoms with Crippen LogP contribution in [0.3, 0.4) is 0 Å². The molecular formula is C24H23F5N6O5. The van der Waals surface area contributed by atoms with Crippen molar-refractivity contribution in [3.63, 3.8) is 0 Å². The number of hydrazine groups is 1. The molecule has 0 saturated carbocycles. The predicted octanol–water partition coefficient (Wildman–Crippen LogP) is 3.97.